The largest absolute Gasteiger partial charge is 0.396 e. The summed E-state index contributed by atoms with van der Waals surface area (Å²) >= 11 is 0. The van der Waals surface area contributed by atoms with Gasteiger partial charge in [-0.1, -0.05) is 38.7 Å². The number of ketones is 1. The molecule has 6 unspecified atom stereocenters. The highest BCUT2D eigenvalue weighted by Crippen LogP contribution is 2.64. The molecule has 0 aromatic heterocycles. The average molecular weight is 387 g/mol. The van der Waals surface area contributed by atoms with Crippen LogP contribution >= 0.6 is 0 Å². The van der Waals surface area contributed by atoms with Crippen molar-refractivity contribution in [3.8, 4) is 0 Å². The second-order valence-corrected chi connectivity index (χ2v) is 10.6. The van der Waals surface area contributed by atoms with Crippen LogP contribution < -0.4 is 0 Å². The fraction of sp³-hybridized carbons (Fsp3) is 0.885. The minimum Gasteiger partial charge on any atom is -0.396 e. The Kier molecular flexibility index (Phi) is 6.35. The molecule has 0 aromatic carbocycles. The number of carbonyl (C=O) groups is 1. The molecule has 3 saturated carbocycles. The van der Waals surface area contributed by atoms with E-state index in [9.17, 15) is 9.90 Å². The van der Waals surface area contributed by atoms with E-state index in [1.54, 1.807) is 5.57 Å². The molecule has 0 heterocycles. The lowest BCUT2D eigenvalue weighted by Gasteiger charge is -2.59. The number of unbranched alkanes of at least 4 members (excludes halogenated alkanes) is 1. The number of allylic oxidation sites excluding steroid dienone is 2. The SMILES string of the molecule is CCCC1C2C(C3CC3)CC3=CC(=O)CCC3C2CCC1(CC)CCCCO. The van der Waals surface area contributed by atoms with Crippen molar-refractivity contribution in [1.82, 2.24) is 0 Å². The molecule has 0 bridgehead atoms. The first-order chi connectivity index (χ1) is 13.6. The number of hydrogen-bond donors (Lipinski definition) is 1. The first-order valence-electron chi connectivity index (χ1n) is 12.5. The van der Waals surface area contributed by atoms with Crippen molar-refractivity contribution < 1.29 is 9.90 Å². The van der Waals surface area contributed by atoms with Gasteiger partial charge in [0.2, 0.25) is 0 Å². The molecule has 4 rings (SSSR count). The van der Waals surface area contributed by atoms with Crippen LogP contribution in [0.2, 0.25) is 0 Å². The Morgan fingerprint density at radius 3 is 2.61 bits per heavy atom. The zero-order chi connectivity index (χ0) is 19.7. The molecular weight excluding hydrogens is 344 g/mol. The van der Waals surface area contributed by atoms with Crippen LogP contribution in [0.4, 0.5) is 0 Å². The summed E-state index contributed by atoms with van der Waals surface area (Å²) in [6, 6.07) is 0. The Morgan fingerprint density at radius 2 is 1.93 bits per heavy atom. The van der Waals surface area contributed by atoms with Crippen LogP contribution in [0, 0.1) is 40.9 Å². The molecule has 0 aliphatic heterocycles. The molecule has 158 valence electrons. The van der Waals surface area contributed by atoms with E-state index in [1.807, 2.05) is 0 Å². The van der Waals surface area contributed by atoms with Gasteiger partial charge in [-0.2, -0.15) is 0 Å². The van der Waals surface area contributed by atoms with Crippen LogP contribution in [0.15, 0.2) is 11.6 Å². The maximum Gasteiger partial charge on any atom is 0.155 e. The number of carbonyl (C=O) groups excluding carboxylic acids is 1. The van der Waals surface area contributed by atoms with E-state index >= 15 is 0 Å². The van der Waals surface area contributed by atoms with E-state index in [-0.39, 0.29) is 0 Å². The van der Waals surface area contributed by atoms with Gasteiger partial charge in [0.25, 0.3) is 0 Å². The second-order valence-electron chi connectivity index (χ2n) is 10.6. The Hall–Kier alpha value is -0.630. The van der Waals surface area contributed by atoms with Crippen molar-refractivity contribution in [2.75, 3.05) is 6.61 Å². The molecule has 1 N–H and O–H groups in total. The van der Waals surface area contributed by atoms with E-state index in [4.69, 9.17) is 0 Å². The predicted octanol–water partition coefficient (Wildman–Crippen LogP) is 6.32. The Bertz CT molecular complexity index is 589. The van der Waals surface area contributed by atoms with E-state index in [2.05, 4.69) is 19.9 Å². The van der Waals surface area contributed by atoms with Gasteiger partial charge in [-0.05, 0) is 105 Å². The normalized spacial score (nSPS) is 40.6. The maximum atomic E-state index is 12.1. The molecule has 4 aliphatic carbocycles. The summed E-state index contributed by atoms with van der Waals surface area (Å²) in [6.07, 6.45) is 18.4. The van der Waals surface area contributed by atoms with Crippen molar-refractivity contribution in [1.29, 1.82) is 0 Å². The minimum absolute atomic E-state index is 0.346. The van der Waals surface area contributed by atoms with E-state index in [1.165, 1.54) is 64.2 Å². The third-order valence-corrected chi connectivity index (χ3v) is 9.34. The van der Waals surface area contributed by atoms with Crippen LogP contribution in [0.25, 0.3) is 0 Å². The summed E-state index contributed by atoms with van der Waals surface area (Å²) in [5, 5.41) is 9.35. The van der Waals surface area contributed by atoms with Crippen molar-refractivity contribution in [3.05, 3.63) is 11.6 Å². The van der Waals surface area contributed by atoms with Crippen LogP contribution in [0.3, 0.4) is 0 Å². The van der Waals surface area contributed by atoms with Gasteiger partial charge in [0.15, 0.2) is 5.78 Å². The summed E-state index contributed by atoms with van der Waals surface area (Å²) in [4.78, 5) is 12.1. The van der Waals surface area contributed by atoms with Crippen molar-refractivity contribution in [3.63, 3.8) is 0 Å². The Labute approximate surface area is 172 Å². The summed E-state index contributed by atoms with van der Waals surface area (Å²) < 4.78 is 0. The van der Waals surface area contributed by atoms with Gasteiger partial charge in [-0.3, -0.25) is 4.79 Å². The van der Waals surface area contributed by atoms with Gasteiger partial charge in [-0.15, -0.1) is 0 Å². The van der Waals surface area contributed by atoms with Gasteiger partial charge in [0.1, 0.15) is 0 Å². The highest BCUT2D eigenvalue weighted by molar-refractivity contribution is 5.91. The van der Waals surface area contributed by atoms with Gasteiger partial charge >= 0.3 is 0 Å². The molecule has 3 fully saturated rings. The van der Waals surface area contributed by atoms with Crippen LogP contribution in [-0.2, 0) is 4.79 Å². The molecule has 0 aromatic rings. The lowest BCUT2D eigenvalue weighted by molar-refractivity contribution is -0.117. The molecule has 0 amide bonds. The van der Waals surface area contributed by atoms with E-state index < -0.39 is 0 Å². The number of fused-ring (bicyclic) bond motifs is 3. The fourth-order valence-corrected chi connectivity index (χ4v) is 7.93. The van der Waals surface area contributed by atoms with Crippen LogP contribution in [0.1, 0.15) is 97.3 Å². The van der Waals surface area contributed by atoms with Crippen molar-refractivity contribution in [2.24, 2.45) is 40.9 Å². The minimum atomic E-state index is 0.346. The molecule has 28 heavy (non-hydrogen) atoms. The lowest BCUT2D eigenvalue weighted by atomic mass is 9.46. The number of hydrogen-bond acceptors (Lipinski definition) is 2. The molecule has 0 saturated heterocycles. The quantitative estimate of drug-likeness (QED) is 0.495. The Morgan fingerprint density at radius 1 is 1.11 bits per heavy atom. The topological polar surface area (TPSA) is 37.3 Å². The van der Waals surface area contributed by atoms with E-state index in [0.717, 1.165) is 48.9 Å². The highest BCUT2D eigenvalue weighted by Gasteiger charge is 2.56. The average Bonchev–Trinajstić information content (AvgIpc) is 3.54. The van der Waals surface area contributed by atoms with Crippen molar-refractivity contribution >= 4 is 5.78 Å². The molecule has 2 nitrogen and oxygen atoms in total. The van der Waals surface area contributed by atoms with Gasteiger partial charge in [-0.25, -0.2) is 0 Å². The molecule has 4 aliphatic rings. The first-order valence-corrected chi connectivity index (χ1v) is 12.5. The number of rotatable bonds is 8. The number of aliphatic hydroxyl groups excluding tert-OH is 1. The summed E-state index contributed by atoms with van der Waals surface area (Å²) in [5.74, 6) is 5.49. The number of aliphatic hydroxyl groups is 1. The molecule has 6 atom stereocenters. The summed E-state index contributed by atoms with van der Waals surface area (Å²) in [7, 11) is 0. The summed E-state index contributed by atoms with van der Waals surface area (Å²) in [5.41, 5.74) is 2.06. The first kappa shape index (κ1) is 20.6. The molecule has 0 radical (unpaired) electrons. The van der Waals surface area contributed by atoms with Gasteiger partial charge in [0.05, 0.1) is 0 Å². The van der Waals surface area contributed by atoms with E-state index in [0.29, 0.717) is 23.7 Å². The zero-order valence-corrected chi connectivity index (χ0v) is 18.3. The fourth-order valence-electron chi connectivity index (χ4n) is 7.93. The predicted molar refractivity (Wildman–Crippen MR) is 115 cm³/mol. The molecule has 0 spiro atoms. The van der Waals surface area contributed by atoms with Crippen molar-refractivity contribution in [2.45, 2.75) is 97.3 Å². The monoisotopic (exact) mass is 386 g/mol. The molecular formula is C26H42O2. The third kappa shape index (κ3) is 3.75. The van der Waals surface area contributed by atoms with Gasteiger partial charge < -0.3 is 5.11 Å². The maximum absolute atomic E-state index is 12.1. The zero-order valence-electron chi connectivity index (χ0n) is 18.3. The molecule has 2 heteroatoms. The van der Waals surface area contributed by atoms with Crippen LogP contribution in [-0.4, -0.2) is 17.5 Å². The smallest absolute Gasteiger partial charge is 0.155 e. The lowest BCUT2D eigenvalue weighted by Crippen LogP contribution is -2.51. The Balaban J connectivity index is 1.66. The third-order valence-electron chi connectivity index (χ3n) is 9.34. The summed E-state index contributed by atoms with van der Waals surface area (Å²) in [6.45, 7) is 5.18. The standard InChI is InChI=1S/C26H42O2/c1-3-7-24-25-22(12-14-26(24,4-2)13-5-6-15-27)21-11-10-20(28)16-19(21)17-23(25)18-8-9-18/h16,18,21-25,27H,3-15,17H2,1-2H3. The second kappa shape index (κ2) is 8.62. The van der Waals surface area contributed by atoms with Gasteiger partial charge in [0, 0.05) is 13.0 Å². The van der Waals surface area contributed by atoms with Crippen LogP contribution in [0.5, 0.6) is 0 Å². The highest BCUT2D eigenvalue weighted by atomic mass is 16.2.